The van der Waals surface area contributed by atoms with E-state index >= 15 is 0 Å². The van der Waals surface area contributed by atoms with Crippen LogP contribution in [0.4, 0.5) is 0 Å². The van der Waals surface area contributed by atoms with E-state index in [0.29, 0.717) is 30.4 Å². The van der Waals surface area contributed by atoms with Crippen molar-refractivity contribution in [2.75, 3.05) is 33.2 Å². The molecule has 0 atom stereocenters. The molecule has 0 aromatic heterocycles. The quantitative estimate of drug-likeness (QED) is 0.188. The highest BCUT2D eigenvalue weighted by molar-refractivity contribution is 6.30. The lowest BCUT2D eigenvalue weighted by Crippen LogP contribution is -2.50. The molecule has 5 rings (SSSR count). The predicted octanol–water partition coefficient (Wildman–Crippen LogP) is 7.42. The zero-order valence-corrected chi connectivity index (χ0v) is 26.5. The highest BCUT2D eigenvalue weighted by atomic mass is 35.5. The molecular weight excluding hydrogens is 570 g/mol. The van der Waals surface area contributed by atoms with E-state index in [0.717, 1.165) is 35.5 Å². The molecule has 2 amide bonds. The second-order valence-electron chi connectivity index (χ2n) is 11.5. The Hall–Kier alpha value is -4.13. The number of benzene rings is 4. The van der Waals surface area contributed by atoms with Crippen LogP contribution in [0.2, 0.25) is 5.02 Å². The molecule has 1 heterocycles. The molecule has 4 aromatic carbocycles. The number of hydrogen-bond donors (Lipinski definition) is 0. The first kappa shape index (κ1) is 31.3. The Morgan fingerprint density at radius 3 is 2.05 bits per heavy atom. The third-order valence-corrected chi connectivity index (χ3v) is 8.46. The molecule has 7 heteroatoms. The van der Waals surface area contributed by atoms with Gasteiger partial charge in [0.1, 0.15) is 11.5 Å². The summed E-state index contributed by atoms with van der Waals surface area (Å²) in [6.07, 6.45) is 0.351. The Balaban J connectivity index is 1.15. The van der Waals surface area contributed by atoms with Crippen molar-refractivity contribution in [3.8, 4) is 11.5 Å². The van der Waals surface area contributed by atoms with E-state index in [2.05, 4.69) is 59.5 Å². The molecule has 1 fully saturated rings. The smallest absolute Gasteiger partial charge is 0.223 e. The van der Waals surface area contributed by atoms with Gasteiger partial charge in [0.05, 0.1) is 6.04 Å². The SMILES string of the molecule is Cc1ccc(Oc2cc(Cl)ccc2CN(C)C(=O)CCC(=O)N2CCN(C(c3ccccc3)c3ccccc3)CC2)c(C)c1. The molecule has 0 radical (unpaired) electrons. The molecule has 1 saturated heterocycles. The van der Waals surface area contributed by atoms with Crippen LogP contribution in [0.1, 0.15) is 46.7 Å². The summed E-state index contributed by atoms with van der Waals surface area (Å²) < 4.78 is 6.23. The third-order valence-electron chi connectivity index (χ3n) is 8.23. The fourth-order valence-corrected chi connectivity index (χ4v) is 5.97. The van der Waals surface area contributed by atoms with Gasteiger partial charge in [-0.05, 0) is 48.7 Å². The maximum Gasteiger partial charge on any atom is 0.223 e. The average Bonchev–Trinajstić information content (AvgIpc) is 3.03. The Labute approximate surface area is 265 Å². The van der Waals surface area contributed by atoms with Gasteiger partial charge in [-0.2, -0.15) is 0 Å². The molecule has 4 aromatic rings. The van der Waals surface area contributed by atoms with Crippen molar-refractivity contribution in [1.29, 1.82) is 0 Å². The number of piperazine rings is 1. The Morgan fingerprint density at radius 2 is 1.43 bits per heavy atom. The summed E-state index contributed by atoms with van der Waals surface area (Å²) in [5.74, 6) is 1.30. The number of aryl methyl sites for hydroxylation is 2. The molecule has 0 bridgehead atoms. The number of carbonyl (C=O) groups excluding carboxylic acids is 2. The van der Waals surface area contributed by atoms with Gasteiger partial charge in [0.15, 0.2) is 0 Å². The maximum absolute atomic E-state index is 13.2. The molecule has 44 heavy (non-hydrogen) atoms. The van der Waals surface area contributed by atoms with E-state index in [4.69, 9.17) is 16.3 Å². The minimum atomic E-state index is -0.0855. The number of halogens is 1. The fourth-order valence-electron chi connectivity index (χ4n) is 5.81. The van der Waals surface area contributed by atoms with Gasteiger partial charge in [-0.15, -0.1) is 0 Å². The van der Waals surface area contributed by atoms with Crippen molar-refractivity contribution in [3.05, 3.63) is 130 Å². The molecule has 0 aliphatic carbocycles. The summed E-state index contributed by atoms with van der Waals surface area (Å²) in [5.41, 5.74) is 5.52. The van der Waals surface area contributed by atoms with E-state index in [1.54, 1.807) is 24.1 Å². The fraction of sp³-hybridized carbons (Fsp3) is 0.297. The third kappa shape index (κ3) is 7.87. The van der Waals surface area contributed by atoms with Crippen molar-refractivity contribution in [2.24, 2.45) is 0 Å². The standard InChI is InChI=1S/C37H40ClN3O3/c1-27-14-17-33(28(2)24-27)44-34-25-32(38)16-15-31(34)26-39(3)35(42)18-19-36(43)40-20-22-41(23-21-40)37(29-10-6-4-7-11-29)30-12-8-5-9-13-30/h4-17,24-25,37H,18-23,26H2,1-3H3. The topological polar surface area (TPSA) is 53.1 Å². The lowest BCUT2D eigenvalue weighted by molar-refractivity contribution is -0.137. The maximum atomic E-state index is 13.2. The van der Waals surface area contributed by atoms with Crippen LogP contribution in [-0.4, -0.2) is 59.7 Å². The second-order valence-corrected chi connectivity index (χ2v) is 11.9. The molecule has 0 N–H and O–H groups in total. The number of nitrogens with zero attached hydrogens (tertiary/aromatic N) is 3. The lowest BCUT2D eigenvalue weighted by atomic mass is 9.96. The number of amides is 2. The summed E-state index contributed by atoms with van der Waals surface area (Å²) in [5, 5.41) is 0.562. The van der Waals surface area contributed by atoms with E-state index < -0.39 is 0 Å². The number of rotatable bonds is 10. The van der Waals surface area contributed by atoms with E-state index in [1.807, 2.05) is 49.1 Å². The zero-order chi connectivity index (χ0) is 31.1. The van der Waals surface area contributed by atoms with Crippen LogP contribution >= 0.6 is 11.6 Å². The first-order chi connectivity index (χ1) is 21.3. The Morgan fingerprint density at radius 1 is 0.795 bits per heavy atom. The second kappa shape index (κ2) is 14.6. The summed E-state index contributed by atoms with van der Waals surface area (Å²) in [4.78, 5) is 32.2. The number of hydrogen-bond acceptors (Lipinski definition) is 4. The van der Waals surface area contributed by atoms with Gasteiger partial charge in [0, 0.05) is 63.2 Å². The van der Waals surface area contributed by atoms with Gasteiger partial charge < -0.3 is 14.5 Å². The molecule has 1 aliphatic rings. The Kier molecular flexibility index (Phi) is 10.4. The summed E-state index contributed by atoms with van der Waals surface area (Å²) in [6.45, 7) is 7.22. The minimum Gasteiger partial charge on any atom is -0.457 e. The van der Waals surface area contributed by atoms with Gasteiger partial charge in [-0.1, -0.05) is 96.0 Å². The molecular formula is C37H40ClN3O3. The van der Waals surface area contributed by atoms with Gasteiger partial charge in [-0.25, -0.2) is 0 Å². The Bertz CT molecular complexity index is 1530. The molecule has 6 nitrogen and oxygen atoms in total. The normalized spacial score (nSPS) is 13.6. The lowest BCUT2D eigenvalue weighted by Gasteiger charge is -2.40. The summed E-state index contributed by atoms with van der Waals surface area (Å²) in [7, 11) is 1.76. The van der Waals surface area contributed by atoms with Gasteiger partial charge in [-0.3, -0.25) is 14.5 Å². The van der Waals surface area contributed by atoms with Crippen LogP contribution in [0.25, 0.3) is 0 Å². The van der Waals surface area contributed by atoms with Crippen molar-refractivity contribution in [2.45, 2.75) is 39.3 Å². The summed E-state index contributed by atoms with van der Waals surface area (Å²) >= 11 is 6.29. The predicted molar refractivity (Wildman–Crippen MR) is 176 cm³/mol. The van der Waals surface area contributed by atoms with Crippen LogP contribution in [0.3, 0.4) is 0 Å². The van der Waals surface area contributed by atoms with Crippen molar-refractivity contribution in [1.82, 2.24) is 14.7 Å². The minimum absolute atomic E-state index is 0.0210. The van der Waals surface area contributed by atoms with E-state index in [9.17, 15) is 9.59 Å². The summed E-state index contributed by atoms with van der Waals surface area (Å²) in [6, 6.07) is 32.6. The molecule has 0 saturated carbocycles. The van der Waals surface area contributed by atoms with E-state index in [1.165, 1.54) is 11.1 Å². The first-order valence-electron chi connectivity index (χ1n) is 15.2. The van der Waals surface area contributed by atoms with Crippen LogP contribution < -0.4 is 4.74 Å². The van der Waals surface area contributed by atoms with Gasteiger partial charge in [0.25, 0.3) is 0 Å². The number of carbonyl (C=O) groups is 2. The molecule has 0 spiro atoms. The van der Waals surface area contributed by atoms with Gasteiger partial charge in [0.2, 0.25) is 11.8 Å². The largest absolute Gasteiger partial charge is 0.457 e. The molecule has 0 unspecified atom stereocenters. The average molecular weight is 610 g/mol. The van der Waals surface area contributed by atoms with Gasteiger partial charge >= 0.3 is 0 Å². The van der Waals surface area contributed by atoms with Crippen molar-refractivity contribution >= 4 is 23.4 Å². The highest BCUT2D eigenvalue weighted by Crippen LogP contribution is 2.32. The molecule has 1 aliphatic heterocycles. The first-order valence-corrected chi connectivity index (χ1v) is 15.6. The van der Waals surface area contributed by atoms with Crippen LogP contribution in [0.5, 0.6) is 11.5 Å². The zero-order valence-electron chi connectivity index (χ0n) is 25.7. The monoisotopic (exact) mass is 609 g/mol. The van der Waals surface area contributed by atoms with Crippen LogP contribution in [0, 0.1) is 13.8 Å². The van der Waals surface area contributed by atoms with Crippen molar-refractivity contribution < 1.29 is 14.3 Å². The van der Waals surface area contributed by atoms with E-state index in [-0.39, 0.29) is 30.7 Å². The van der Waals surface area contributed by atoms with Crippen LogP contribution in [-0.2, 0) is 16.1 Å². The molecule has 228 valence electrons. The highest BCUT2D eigenvalue weighted by Gasteiger charge is 2.28. The van der Waals surface area contributed by atoms with Crippen molar-refractivity contribution in [3.63, 3.8) is 0 Å². The number of ether oxygens (including phenoxy) is 1. The van der Waals surface area contributed by atoms with Crippen LogP contribution in [0.15, 0.2) is 97.1 Å².